The van der Waals surface area contributed by atoms with Crippen LogP contribution in [0.15, 0.2) is 39.8 Å². The zero-order valence-electron chi connectivity index (χ0n) is 13.1. The topological polar surface area (TPSA) is 63.7 Å². The standard InChI is InChI=1S/C16H21NO4S/c1-4-21-16(18)15(14-6-5-11-17(14)3)22(19,20)13-9-7-12(2)8-10-13/h7-10H,4-6,11H2,1-3H3/b15-14-. The van der Waals surface area contributed by atoms with Crippen LogP contribution in [0.2, 0.25) is 0 Å². The number of allylic oxidation sites excluding steroid dienone is 1. The summed E-state index contributed by atoms with van der Waals surface area (Å²) in [6.07, 6.45) is 1.40. The molecule has 0 saturated carbocycles. The molecule has 1 aromatic carbocycles. The summed E-state index contributed by atoms with van der Waals surface area (Å²) in [4.78, 5) is 14.0. The highest BCUT2D eigenvalue weighted by molar-refractivity contribution is 7.96. The predicted octanol–water partition coefficient (Wildman–Crippen LogP) is 2.27. The van der Waals surface area contributed by atoms with Crippen molar-refractivity contribution in [1.82, 2.24) is 4.90 Å². The highest BCUT2D eigenvalue weighted by atomic mass is 32.2. The number of carbonyl (C=O) groups excluding carboxylic acids is 1. The molecule has 5 nitrogen and oxygen atoms in total. The molecule has 0 aromatic heterocycles. The van der Waals surface area contributed by atoms with E-state index in [0.29, 0.717) is 12.1 Å². The lowest BCUT2D eigenvalue weighted by atomic mass is 10.2. The van der Waals surface area contributed by atoms with Crippen molar-refractivity contribution in [3.05, 3.63) is 40.4 Å². The van der Waals surface area contributed by atoms with Gasteiger partial charge in [0.05, 0.1) is 11.5 Å². The van der Waals surface area contributed by atoms with Crippen LogP contribution in [0.3, 0.4) is 0 Å². The van der Waals surface area contributed by atoms with Gasteiger partial charge in [0, 0.05) is 19.3 Å². The fourth-order valence-electron chi connectivity index (χ4n) is 2.51. The van der Waals surface area contributed by atoms with Gasteiger partial charge in [-0.2, -0.15) is 0 Å². The van der Waals surface area contributed by atoms with E-state index in [-0.39, 0.29) is 16.4 Å². The second-order valence-electron chi connectivity index (χ2n) is 5.34. The van der Waals surface area contributed by atoms with Gasteiger partial charge in [-0.25, -0.2) is 13.2 Å². The third-order valence-corrected chi connectivity index (χ3v) is 5.52. The Balaban J connectivity index is 2.58. The second-order valence-corrected chi connectivity index (χ2v) is 7.22. The number of esters is 1. The Morgan fingerprint density at radius 2 is 1.91 bits per heavy atom. The largest absolute Gasteiger partial charge is 0.462 e. The first kappa shape index (κ1) is 16.5. The molecule has 1 aromatic rings. The quantitative estimate of drug-likeness (QED) is 0.628. The zero-order valence-corrected chi connectivity index (χ0v) is 13.9. The average Bonchev–Trinajstić information content (AvgIpc) is 2.85. The number of ether oxygens (including phenoxy) is 1. The van der Waals surface area contributed by atoms with Gasteiger partial charge in [-0.05, 0) is 38.8 Å². The second kappa shape index (κ2) is 6.52. The number of hydrogen-bond donors (Lipinski definition) is 0. The monoisotopic (exact) mass is 323 g/mol. The molecule has 120 valence electrons. The number of benzene rings is 1. The first-order valence-electron chi connectivity index (χ1n) is 7.31. The lowest BCUT2D eigenvalue weighted by Gasteiger charge is -2.18. The van der Waals surface area contributed by atoms with Gasteiger partial charge in [0.1, 0.15) is 0 Å². The molecule has 6 heteroatoms. The van der Waals surface area contributed by atoms with E-state index < -0.39 is 15.8 Å². The highest BCUT2D eigenvalue weighted by Gasteiger charge is 2.34. The number of aryl methyl sites for hydroxylation is 1. The van der Waals surface area contributed by atoms with Crippen LogP contribution in [0.4, 0.5) is 0 Å². The smallest absolute Gasteiger partial charge is 0.351 e. The van der Waals surface area contributed by atoms with Crippen molar-refractivity contribution in [3.63, 3.8) is 0 Å². The van der Waals surface area contributed by atoms with Gasteiger partial charge in [-0.15, -0.1) is 0 Å². The zero-order chi connectivity index (χ0) is 16.3. The number of carbonyl (C=O) groups is 1. The van der Waals surface area contributed by atoms with Crippen LogP contribution >= 0.6 is 0 Å². The fraction of sp³-hybridized carbons (Fsp3) is 0.438. The molecule has 1 aliphatic rings. The van der Waals surface area contributed by atoms with Crippen molar-refractivity contribution in [2.24, 2.45) is 0 Å². The normalized spacial score (nSPS) is 17.5. The molecule has 0 N–H and O–H groups in total. The van der Waals surface area contributed by atoms with Crippen molar-refractivity contribution in [3.8, 4) is 0 Å². The van der Waals surface area contributed by atoms with Crippen molar-refractivity contribution in [2.75, 3.05) is 20.2 Å². The van der Waals surface area contributed by atoms with E-state index >= 15 is 0 Å². The van der Waals surface area contributed by atoms with E-state index in [1.54, 1.807) is 26.1 Å². The van der Waals surface area contributed by atoms with Crippen molar-refractivity contribution >= 4 is 15.8 Å². The maximum atomic E-state index is 12.9. The minimum absolute atomic E-state index is 0.119. The summed E-state index contributed by atoms with van der Waals surface area (Å²) in [6.45, 7) is 4.42. The Labute approximate surface area is 131 Å². The number of nitrogens with zero attached hydrogens (tertiary/aromatic N) is 1. The lowest BCUT2D eigenvalue weighted by molar-refractivity contribution is -0.137. The molecule has 0 bridgehead atoms. The van der Waals surface area contributed by atoms with E-state index in [0.717, 1.165) is 18.5 Å². The lowest BCUT2D eigenvalue weighted by Crippen LogP contribution is -2.23. The molecule has 22 heavy (non-hydrogen) atoms. The summed E-state index contributed by atoms with van der Waals surface area (Å²) in [7, 11) is -2.09. The Hall–Kier alpha value is -1.82. The fourth-order valence-corrected chi connectivity index (χ4v) is 4.09. The Kier molecular flexibility index (Phi) is 4.90. The Bertz CT molecular complexity index is 689. The van der Waals surface area contributed by atoms with Crippen LogP contribution in [0.5, 0.6) is 0 Å². The summed E-state index contributed by atoms with van der Waals surface area (Å²) < 4.78 is 30.8. The van der Waals surface area contributed by atoms with Crippen molar-refractivity contribution < 1.29 is 17.9 Å². The van der Waals surface area contributed by atoms with Gasteiger partial charge < -0.3 is 9.64 Å². The molecule has 1 saturated heterocycles. The van der Waals surface area contributed by atoms with Crippen molar-refractivity contribution in [2.45, 2.75) is 31.6 Å². The van der Waals surface area contributed by atoms with E-state index in [1.165, 1.54) is 12.1 Å². The van der Waals surface area contributed by atoms with Gasteiger partial charge in [-0.3, -0.25) is 0 Å². The molecule has 1 heterocycles. The first-order chi connectivity index (χ1) is 10.4. The SMILES string of the molecule is CCOC(=O)/C(=C1\CCCN1C)S(=O)(=O)c1ccc(C)cc1. The molecule has 0 unspecified atom stereocenters. The van der Waals surface area contributed by atoms with Gasteiger partial charge in [0.15, 0.2) is 4.91 Å². The molecular formula is C16H21NO4S. The number of likely N-dealkylation sites (tertiary alicyclic amines) is 1. The summed E-state index contributed by atoms with van der Waals surface area (Å²) >= 11 is 0. The van der Waals surface area contributed by atoms with Crippen LogP contribution in [0.25, 0.3) is 0 Å². The summed E-state index contributed by atoms with van der Waals surface area (Å²) in [5, 5.41) is 0. The van der Waals surface area contributed by atoms with Crippen LogP contribution in [-0.4, -0.2) is 39.5 Å². The number of sulfone groups is 1. The van der Waals surface area contributed by atoms with Gasteiger partial charge in [0.2, 0.25) is 9.84 Å². The molecule has 1 aliphatic heterocycles. The van der Waals surface area contributed by atoms with Gasteiger partial charge in [0.25, 0.3) is 0 Å². The molecule has 0 atom stereocenters. The summed E-state index contributed by atoms with van der Waals surface area (Å²) in [5.41, 5.74) is 1.50. The molecule has 2 rings (SSSR count). The third-order valence-electron chi connectivity index (χ3n) is 3.69. The van der Waals surface area contributed by atoms with E-state index in [1.807, 2.05) is 11.8 Å². The predicted molar refractivity (Wildman–Crippen MR) is 83.9 cm³/mol. The summed E-state index contributed by atoms with van der Waals surface area (Å²) in [6, 6.07) is 6.50. The number of hydrogen-bond acceptors (Lipinski definition) is 5. The Morgan fingerprint density at radius 1 is 1.27 bits per heavy atom. The summed E-state index contributed by atoms with van der Waals surface area (Å²) in [5.74, 6) is -0.771. The maximum absolute atomic E-state index is 12.9. The molecule has 1 fully saturated rings. The van der Waals surface area contributed by atoms with Crippen LogP contribution < -0.4 is 0 Å². The van der Waals surface area contributed by atoms with Gasteiger partial charge >= 0.3 is 5.97 Å². The molecule has 0 spiro atoms. The average molecular weight is 323 g/mol. The minimum Gasteiger partial charge on any atom is -0.462 e. The minimum atomic E-state index is -3.89. The third kappa shape index (κ3) is 3.16. The molecule has 0 aliphatic carbocycles. The highest BCUT2D eigenvalue weighted by Crippen LogP contribution is 2.30. The Morgan fingerprint density at radius 3 is 2.41 bits per heavy atom. The van der Waals surface area contributed by atoms with E-state index in [4.69, 9.17) is 4.74 Å². The maximum Gasteiger partial charge on any atom is 0.351 e. The molecule has 0 amide bonds. The van der Waals surface area contributed by atoms with Crippen LogP contribution in [0.1, 0.15) is 25.3 Å². The van der Waals surface area contributed by atoms with E-state index in [9.17, 15) is 13.2 Å². The van der Waals surface area contributed by atoms with E-state index in [2.05, 4.69) is 0 Å². The van der Waals surface area contributed by atoms with Crippen LogP contribution in [-0.2, 0) is 19.4 Å². The first-order valence-corrected chi connectivity index (χ1v) is 8.79. The van der Waals surface area contributed by atoms with Crippen LogP contribution in [0, 0.1) is 6.92 Å². The molecule has 0 radical (unpaired) electrons. The number of rotatable bonds is 4. The van der Waals surface area contributed by atoms with Crippen molar-refractivity contribution in [1.29, 1.82) is 0 Å². The molecular weight excluding hydrogens is 302 g/mol. The van der Waals surface area contributed by atoms with Gasteiger partial charge in [-0.1, -0.05) is 17.7 Å².